The van der Waals surface area contributed by atoms with Crippen LogP contribution in [0.25, 0.3) is 0 Å². The van der Waals surface area contributed by atoms with Crippen LogP contribution in [0.15, 0.2) is 25.3 Å². The largest absolute Gasteiger partial charge is 0.466 e. The number of hydrogen-bond acceptors (Lipinski definition) is 8. The number of unbranched alkanes of at least 4 members (excludes halogenated alkanes) is 9. The van der Waals surface area contributed by atoms with Crippen molar-refractivity contribution in [2.24, 2.45) is 0 Å². The zero-order valence-corrected chi connectivity index (χ0v) is 27.9. The molecule has 2 fully saturated rings. The predicted molar refractivity (Wildman–Crippen MR) is 174 cm³/mol. The summed E-state index contributed by atoms with van der Waals surface area (Å²) in [6, 6.07) is -1.95. The summed E-state index contributed by atoms with van der Waals surface area (Å²) in [7, 11) is 0. The van der Waals surface area contributed by atoms with Gasteiger partial charge in [-0.1, -0.05) is 63.5 Å². The SMILES string of the molecule is C=CCN1C(=O)N(CCCCCCCCCCCCN2C(=O)C(CCC(=O)OCC)N(CC=C)C2=O)C(=O)C1CCC(=O)OCC. The van der Waals surface area contributed by atoms with Crippen molar-refractivity contribution in [2.45, 2.75) is 116 Å². The average molecular weight is 647 g/mol. The zero-order chi connectivity index (χ0) is 33.9. The van der Waals surface area contributed by atoms with Gasteiger partial charge < -0.3 is 19.3 Å². The van der Waals surface area contributed by atoms with Gasteiger partial charge in [-0.2, -0.15) is 0 Å². The van der Waals surface area contributed by atoms with Crippen LogP contribution >= 0.6 is 0 Å². The Morgan fingerprint density at radius 2 is 0.935 bits per heavy atom. The Morgan fingerprint density at radius 1 is 0.609 bits per heavy atom. The summed E-state index contributed by atoms with van der Waals surface area (Å²) in [6.07, 6.45) is 13.6. The monoisotopic (exact) mass is 646 g/mol. The Bertz CT molecular complexity index is 982. The molecule has 2 heterocycles. The first kappa shape index (κ1) is 38.5. The molecular weight excluding hydrogens is 592 g/mol. The number of urea groups is 2. The minimum absolute atomic E-state index is 0.0892. The maximum Gasteiger partial charge on any atom is 0.327 e. The maximum absolute atomic E-state index is 12.9. The number of nitrogens with zero attached hydrogens (tertiary/aromatic N) is 4. The molecule has 258 valence electrons. The highest BCUT2D eigenvalue weighted by Crippen LogP contribution is 2.24. The van der Waals surface area contributed by atoms with Crippen LogP contribution in [0.5, 0.6) is 0 Å². The van der Waals surface area contributed by atoms with Crippen molar-refractivity contribution in [1.29, 1.82) is 0 Å². The second-order valence-corrected chi connectivity index (χ2v) is 11.7. The first-order valence-corrected chi connectivity index (χ1v) is 17.0. The lowest BCUT2D eigenvalue weighted by Crippen LogP contribution is -2.35. The molecule has 2 saturated heterocycles. The van der Waals surface area contributed by atoms with E-state index in [4.69, 9.17) is 9.47 Å². The van der Waals surface area contributed by atoms with E-state index in [1.807, 2.05) is 0 Å². The van der Waals surface area contributed by atoms with Crippen molar-refractivity contribution in [3.8, 4) is 0 Å². The van der Waals surface area contributed by atoms with E-state index in [1.54, 1.807) is 26.0 Å². The van der Waals surface area contributed by atoms with Gasteiger partial charge in [0.25, 0.3) is 11.8 Å². The highest BCUT2D eigenvalue weighted by atomic mass is 16.5. The van der Waals surface area contributed by atoms with Gasteiger partial charge in [-0.05, 0) is 39.5 Å². The molecule has 12 heteroatoms. The van der Waals surface area contributed by atoms with Gasteiger partial charge in [-0.25, -0.2) is 9.59 Å². The zero-order valence-electron chi connectivity index (χ0n) is 27.9. The number of hydrogen-bond donors (Lipinski definition) is 0. The molecule has 6 amide bonds. The molecule has 2 unspecified atom stereocenters. The fourth-order valence-electron chi connectivity index (χ4n) is 5.98. The van der Waals surface area contributed by atoms with Crippen molar-refractivity contribution >= 4 is 35.8 Å². The maximum atomic E-state index is 12.9. The first-order chi connectivity index (χ1) is 22.2. The Kier molecular flexibility index (Phi) is 17.7. The number of imide groups is 2. The van der Waals surface area contributed by atoms with Crippen LogP contribution in [-0.4, -0.2) is 107 Å². The Balaban J connectivity index is 1.59. The van der Waals surface area contributed by atoms with E-state index in [1.165, 1.54) is 19.6 Å². The summed E-state index contributed by atoms with van der Waals surface area (Å²) >= 11 is 0. The molecule has 2 aliphatic heterocycles. The summed E-state index contributed by atoms with van der Waals surface area (Å²) in [4.78, 5) is 80.7. The molecule has 46 heavy (non-hydrogen) atoms. The highest BCUT2D eigenvalue weighted by molar-refractivity contribution is 6.05. The van der Waals surface area contributed by atoms with E-state index < -0.39 is 12.1 Å². The van der Waals surface area contributed by atoms with Gasteiger partial charge in [0.2, 0.25) is 0 Å². The molecule has 0 saturated carbocycles. The van der Waals surface area contributed by atoms with Crippen LogP contribution in [0.4, 0.5) is 9.59 Å². The minimum Gasteiger partial charge on any atom is -0.466 e. The molecule has 2 rings (SSSR count). The number of carbonyl (C=O) groups excluding carboxylic acids is 6. The third kappa shape index (κ3) is 11.6. The molecule has 12 nitrogen and oxygen atoms in total. The fraction of sp³-hybridized carbons (Fsp3) is 0.706. The molecule has 0 radical (unpaired) electrons. The van der Waals surface area contributed by atoms with Crippen molar-refractivity contribution < 1.29 is 38.2 Å². The lowest BCUT2D eigenvalue weighted by Gasteiger charge is -2.19. The van der Waals surface area contributed by atoms with Crippen molar-refractivity contribution in [3.05, 3.63) is 25.3 Å². The topological polar surface area (TPSA) is 134 Å². The molecular formula is C34H54N4O8. The molecule has 2 atom stereocenters. The summed E-state index contributed by atoms with van der Waals surface area (Å²) in [5.41, 5.74) is 0. The number of rotatable bonds is 25. The standard InChI is InChI=1S/C34H54N4O8/c1-5-23-35-27(19-21-29(39)45-7-3)31(41)37(33(35)43)25-17-15-13-11-9-10-12-14-16-18-26-38-32(42)28(20-22-30(40)46-8-4)36(24-6-2)34(38)44/h5-6,27-28H,1-2,7-26H2,3-4H3. The number of carbonyl (C=O) groups is 6. The molecule has 0 aromatic carbocycles. The molecule has 0 aromatic heterocycles. The third-order valence-corrected chi connectivity index (χ3v) is 8.33. The van der Waals surface area contributed by atoms with Crippen molar-refractivity contribution in [3.63, 3.8) is 0 Å². The fourth-order valence-corrected chi connectivity index (χ4v) is 5.98. The summed E-state index contributed by atoms with van der Waals surface area (Å²) in [6.45, 7) is 12.7. The van der Waals surface area contributed by atoms with Crippen LogP contribution in [0.1, 0.15) is 104 Å². The van der Waals surface area contributed by atoms with Crippen molar-refractivity contribution in [2.75, 3.05) is 39.4 Å². The van der Waals surface area contributed by atoms with Gasteiger partial charge >= 0.3 is 24.0 Å². The van der Waals surface area contributed by atoms with E-state index in [9.17, 15) is 28.8 Å². The smallest absolute Gasteiger partial charge is 0.327 e. The molecule has 0 aromatic rings. The van der Waals surface area contributed by atoms with E-state index >= 15 is 0 Å². The van der Waals surface area contributed by atoms with E-state index in [2.05, 4.69) is 13.2 Å². The van der Waals surface area contributed by atoms with E-state index in [0.29, 0.717) is 13.1 Å². The minimum atomic E-state index is -0.655. The summed E-state index contributed by atoms with van der Waals surface area (Å²) < 4.78 is 9.92. The van der Waals surface area contributed by atoms with Gasteiger partial charge in [-0.15, -0.1) is 13.2 Å². The third-order valence-electron chi connectivity index (χ3n) is 8.33. The second-order valence-electron chi connectivity index (χ2n) is 11.7. The van der Waals surface area contributed by atoms with Gasteiger partial charge in [0.1, 0.15) is 12.1 Å². The van der Waals surface area contributed by atoms with Gasteiger partial charge in [0.15, 0.2) is 0 Å². The van der Waals surface area contributed by atoms with Gasteiger partial charge in [0, 0.05) is 39.0 Å². The Morgan fingerprint density at radius 3 is 1.24 bits per heavy atom. The van der Waals surface area contributed by atoms with Crippen LogP contribution in [0.3, 0.4) is 0 Å². The Labute approximate surface area is 274 Å². The van der Waals surface area contributed by atoms with Gasteiger partial charge in [-0.3, -0.25) is 29.0 Å². The summed E-state index contributed by atoms with van der Waals surface area (Å²) in [5.74, 6) is -1.25. The lowest BCUT2D eigenvalue weighted by atomic mass is 10.1. The van der Waals surface area contributed by atoms with E-state index in [0.717, 1.165) is 64.2 Å². The van der Waals surface area contributed by atoms with Crippen LogP contribution in [0.2, 0.25) is 0 Å². The van der Waals surface area contributed by atoms with Crippen LogP contribution in [-0.2, 0) is 28.7 Å². The molecule has 0 bridgehead atoms. The normalized spacial score (nSPS) is 18.1. The first-order valence-electron chi connectivity index (χ1n) is 17.0. The predicted octanol–water partition coefficient (Wildman–Crippen LogP) is 5.21. The Hall–Kier alpha value is -3.70. The van der Waals surface area contributed by atoms with E-state index in [-0.39, 0.29) is 87.8 Å². The van der Waals surface area contributed by atoms with Gasteiger partial charge in [0.05, 0.1) is 13.2 Å². The lowest BCUT2D eigenvalue weighted by molar-refractivity contribution is -0.144. The quantitative estimate of drug-likeness (QED) is 0.0571. The highest BCUT2D eigenvalue weighted by Gasteiger charge is 2.45. The second kappa shape index (κ2) is 21.2. The summed E-state index contributed by atoms with van der Waals surface area (Å²) in [5, 5.41) is 0. The molecule has 0 aliphatic carbocycles. The van der Waals surface area contributed by atoms with Crippen molar-refractivity contribution in [1.82, 2.24) is 19.6 Å². The number of amides is 6. The van der Waals surface area contributed by atoms with Crippen LogP contribution in [0, 0.1) is 0 Å². The average Bonchev–Trinajstić information content (AvgIpc) is 3.38. The number of esters is 2. The molecule has 0 N–H and O–H groups in total. The van der Waals surface area contributed by atoms with Crippen LogP contribution < -0.4 is 0 Å². The molecule has 2 aliphatic rings. The number of ether oxygens (including phenoxy) is 2. The molecule has 0 spiro atoms.